The lowest BCUT2D eigenvalue weighted by Gasteiger charge is -2.17. The van der Waals surface area contributed by atoms with Gasteiger partial charge in [0.1, 0.15) is 11.8 Å². The Morgan fingerprint density at radius 1 is 1.26 bits per heavy atom. The van der Waals surface area contributed by atoms with Crippen LogP contribution in [0.5, 0.6) is 5.75 Å². The zero-order valence-electron chi connectivity index (χ0n) is 11.1. The van der Waals surface area contributed by atoms with Gasteiger partial charge in [-0.3, -0.25) is 4.79 Å². The Balaban J connectivity index is 2.71. The maximum Gasteiger partial charge on any atom is 0.326 e. The molecule has 2 atom stereocenters. The van der Waals surface area contributed by atoms with Gasteiger partial charge in [-0.15, -0.1) is 0 Å². The number of phenols is 1. The summed E-state index contributed by atoms with van der Waals surface area (Å²) >= 11 is 0. The SMILES string of the molecule is CCC(C)C(=O)N[C@H](Cc1ccc(O)cc1)C(=O)O. The monoisotopic (exact) mass is 265 g/mol. The first-order chi connectivity index (χ1) is 8.93. The number of aliphatic carboxylic acids is 1. The van der Waals surface area contributed by atoms with E-state index in [1.807, 2.05) is 6.92 Å². The van der Waals surface area contributed by atoms with E-state index in [0.717, 1.165) is 5.56 Å². The van der Waals surface area contributed by atoms with Crippen molar-refractivity contribution in [2.75, 3.05) is 0 Å². The Morgan fingerprint density at radius 2 is 1.84 bits per heavy atom. The molecule has 5 heteroatoms. The molecular weight excluding hydrogens is 246 g/mol. The highest BCUT2D eigenvalue weighted by Crippen LogP contribution is 2.12. The van der Waals surface area contributed by atoms with Gasteiger partial charge in [-0.05, 0) is 24.1 Å². The number of rotatable bonds is 6. The zero-order valence-corrected chi connectivity index (χ0v) is 11.1. The second-order valence-corrected chi connectivity index (χ2v) is 4.58. The number of carbonyl (C=O) groups excluding carboxylic acids is 1. The summed E-state index contributed by atoms with van der Waals surface area (Å²) in [6, 6.07) is 5.31. The molecule has 0 saturated carbocycles. The molecule has 0 saturated heterocycles. The third-order valence-electron chi connectivity index (χ3n) is 3.05. The number of hydrogen-bond acceptors (Lipinski definition) is 3. The average molecular weight is 265 g/mol. The van der Waals surface area contributed by atoms with Gasteiger partial charge in [0, 0.05) is 12.3 Å². The molecule has 1 aromatic carbocycles. The van der Waals surface area contributed by atoms with Crippen molar-refractivity contribution in [3.8, 4) is 5.75 Å². The minimum absolute atomic E-state index is 0.124. The van der Waals surface area contributed by atoms with E-state index in [-0.39, 0.29) is 24.0 Å². The Morgan fingerprint density at radius 3 is 2.32 bits per heavy atom. The second-order valence-electron chi connectivity index (χ2n) is 4.58. The van der Waals surface area contributed by atoms with Crippen molar-refractivity contribution in [2.45, 2.75) is 32.7 Å². The van der Waals surface area contributed by atoms with Gasteiger partial charge in [-0.1, -0.05) is 26.0 Å². The van der Waals surface area contributed by atoms with Gasteiger partial charge in [0.2, 0.25) is 5.91 Å². The molecule has 0 bridgehead atoms. The Hall–Kier alpha value is -2.04. The predicted molar refractivity (Wildman–Crippen MR) is 70.8 cm³/mol. The van der Waals surface area contributed by atoms with Crippen molar-refractivity contribution in [3.63, 3.8) is 0 Å². The second kappa shape index (κ2) is 6.78. The van der Waals surface area contributed by atoms with Gasteiger partial charge in [0.05, 0.1) is 0 Å². The van der Waals surface area contributed by atoms with Crippen molar-refractivity contribution in [3.05, 3.63) is 29.8 Å². The van der Waals surface area contributed by atoms with Crippen LogP contribution in [0.1, 0.15) is 25.8 Å². The van der Waals surface area contributed by atoms with Crippen LogP contribution in [0.25, 0.3) is 0 Å². The summed E-state index contributed by atoms with van der Waals surface area (Å²) in [6.07, 6.45) is 0.856. The number of carboxylic acids is 1. The molecule has 104 valence electrons. The number of carboxylic acid groups (broad SMARTS) is 1. The number of phenolic OH excluding ortho intramolecular Hbond substituents is 1. The summed E-state index contributed by atoms with van der Waals surface area (Å²) < 4.78 is 0. The fraction of sp³-hybridized carbons (Fsp3) is 0.429. The van der Waals surface area contributed by atoms with Crippen LogP contribution < -0.4 is 5.32 Å². The molecule has 0 aromatic heterocycles. The van der Waals surface area contributed by atoms with Crippen molar-refractivity contribution >= 4 is 11.9 Å². The molecule has 0 aliphatic heterocycles. The molecule has 1 aromatic rings. The summed E-state index contributed by atoms with van der Waals surface area (Å²) in [5.41, 5.74) is 0.745. The lowest BCUT2D eigenvalue weighted by molar-refractivity contribution is -0.142. The quantitative estimate of drug-likeness (QED) is 0.728. The highest BCUT2D eigenvalue weighted by molar-refractivity contribution is 5.84. The van der Waals surface area contributed by atoms with Gasteiger partial charge >= 0.3 is 5.97 Å². The highest BCUT2D eigenvalue weighted by Gasteiger charge is 2.22. The number of benzene rings is 1. The third kappa shape index (κ3) is 4.62. The lowest BCUT2D eigenvalue weighted by Crippen LogP contribution is -2.44. The molecule has 0 aliphatic rings. The predicted octanol–water partition coefficient (Wildman–Crippen LogP) is 1.55. The first kappa shape index (κ1) is 15.0. The minimum atomic E-state index is -1.07. The van der Waals surface area contributed by atoms with E-state index in [4.69, 9.17) is 10.2 Å². The maximum absolute atomic E-state index is 11.7. The van der Waals surface area contributed by atoms with Gasteiger partial charge < -0.3 is 15.5 Å². The molecule has 0 spiro atoms. The first-order valence-corrected chi connectivity index (χ1v) is 6.25. The summed E-state index contributed by atoms with van der Waals surface area (Å²) in [4.78, 5) is 22.9. The van der Waals surface area contributed by atoms with E-state index in [1.54, 1.807) is 19.1 Å². The smallest absolute Gasteiger partial charge is 0.326 e. The molecule has 19 heavy (non-hydrogen) atoms. The van der Waals surface area contributed by atoms with Gasteiger partial charge in [-0.25, -0.2) is 4.79 Å². The van der Waals surface area contributed by atoms with Crippen LogP contribution in [0.3, 0.4) is 0 Å². The molecule has 1 rings (SSSR count). The van der Waals surface area contributed by atoms with Crippen LogP contribution in [0.4, 0.5) is 0 Å². The van der Waals surface area contributed by atoms with Crippen LogP contribution in [0.15, 0.2) is 24.3 Å². The van der Waals surface area contributed by atoms with Gasteiger partial charge in [-0.2, -0.15) is 0 Å². The number of amides is 1. The van der Waals surface area contributed by atoms with E-state index < -0.39 is 12.0 Å². The lowest BCUT2D eigenvalue weighted by atomic mass is 10.0. The van der Waals surface area contributed by atoms with Crippen molar-refractivity contribution in [1.29, 1.82) is 0 Å². The summed E-state index contributed by atoms with van der Waals surface area (Å²) in [7, 11) is 0. The molecule has 1 unspecified atom stereocenters. The first-order valence-electron chi connectivity index (χ1n) is 6.25. The number of nitrogens with one attached hydrogen (secondary N) is 1. The van der Waals surface area contributed by atoms with E-state index in [9.17, 15) is 9.59 Å². The minimum Gasteiger partial charge on any atom is -0.508 e. The van der Waals surface area contributed by atoms with Crippen LogP contribution in [0, 0.1) is 5.92 Å². The number of carbonyl (C=O) groups is 2. The average Bonchev–Trinajstić information content (AvgIpc) is 2.39. The molecule has 1 amide bonds. The van der Waals surface area contributed by atoms with Gasteiger partial charge in [0.15, 0.2) is 0 Å². The van der Waals surface area contributed by atoms with E-state index in [0.29, 0.717) is 6.42 Å². The normalized spacial score (nSPS) is 13.6. The molecule has 0 fully saturated rings. The highest BCUT2D eigenvalue weighted by atomic mass is 16.4. The van der Waals surface area contributed by atoms with Crippen molar-refractivity contribution in [1.82, 2.24) is 5.32 Å². The van der Waals surface area contributed by atoms with Crippen LogP contribution in [-0.4, -0.2) is 28.1 Å². The van der Waals surface area contributed by atoms with Crippen molar-refractivity contribution < 1.29 is 19.8 Å². The Labute approximate surface area is 112 Å². The standard InChI is InChI=1S/C14H19NO4/c1-3-9(2)13(17)15-12(14(18)19)8-10-4-6-11(16)7-5-10/h4-7,9,12,16H,3,8H2,1-2H3,(H,15,17)(H,18,19)/t9?,12-/m1/s1. The van der Waals surface area contributed by atoms with E-state index >= 15 is 0 Å². The fourth-order valence-corrected chi connectivity index (χ4v) is 1.57. The fourth-order valence-electron chi connectivity index (χ4n) is 1.57. The summed E-state index contributed by atoms with van der Waals surface area (Å²) in [5.74, 6) is -1.40. The number of hydrogen-bond donors (Lipinski definition) is 3. The zero-order chi connectivity index (χ0) is 14.4. The third-order valence-corrected chi connectivity index (χ3v) is 3.05. The largest absolute Gasteiger partial charge is 0.508 e. The number of aromatic hydroxyl groups is 1. The van der Waals surface area contributed by atoms with Crippen LogP contribution in [-0.2, 0) is 16.0 Å². The topological polar surface area (TPSA) is 86.6 Å². The Bertz CT molecular complexity index is 441. The van der Waals surface area contributed by atoms with Crippen LogP contribution >= 0.6 is 0 Å². The molecule has 0 aliphatic carbocycles. The maximum atomic E-state index is 11.7. The van der Waals surface area contributed by atoms with Crippen LogP contribution in [0.2, 0.25) is 0 Å². The van der Waals surface area contributed by atoms with Crippen molar-refractivity contribution in [2.24, 2.45) is 5.92 Å². The van der Waals surface area contributed by atoms with E-state index in [2.05, 4.69) is 5.32 Å². The molecule has 0 heterocycles. The molecule has 0 radical (unpaired) electrons. The van der Waals surface area contributed by atoms with E-state index in [1.165, 1.54) is 12.1 Å². The summed E-state index contributed by atoms with van der Waals surface area (Å²) in [5, 5.41) is 20.8. The molecular formula is C14H19NO4. The Kier molecular flexibility index (Phi) is 5.36. The molecule has 3 N–H and O–H groups in total. The molecule has 5 nitrogen and oxygen atoms in total. The van der Waals surface area contributed by atoms with Gasteiger partial charge in [0.25, 0.3) is 0 Å². The summed E-state index contributed by atoms with van der Waals surface area (Å²) in [6.45, 7) is 3.63.